The molecule has 7 heteroatoms. The van der Waals surface area contributed by atoms with Gasteiger partial charge in [-0.15, -0.1) is 0 Å². The summed E-state index contributed by atoms with van der Waals surface area (Å²) in [6, 6.07) is 14.2. The van der Waals surface area contributed by atoms with Gasteiger partial charge in [0, 0.05) is 42.4 Å². The molecule has 2 heterocycles. The van der Waals surface area contributed by atoms with Gasteiger partial charge in [0.25, 0.3) is 0 Å². The molecule has 0 radical (unpaired) electrons. The molecule has 190 valence electrons. The number of aromatic nitrogens is 2. The molecule has 5 rings (SSSR count). The molecular weight excluding hydrogens is 450 g/mol. The van der Waals surface area contributed by atoms with Crippen molar-refractivity contribution < 1.29 is 9.53 Å². The standard InChI is InChI=1S/C29H37N5O2/c1-19(2)18-36-26-10-6-7-20(3)27(26)34-28(21-11-13-22(14-12-21)31-29(30)35)24-17-33(16-15-25(24)32-34)23-8-4-5-9-23/h6-7,10-14,19,23H,4-5,8-9,15-18H2,1-3H3,(H3,30,31,35). The topological polar surface area (TPSA) is 85.4 Å². The van der Waals surface area contributed by atoms with Crippen LogP contribution < -0.4 is 15.8 Å². The molecular formula is C29H37N5O2. The maximum atomic E-state index is 11.3. The number of anilines is 1. The van der Waals surface area contributed by atoms with Gasteiger partial charge >= 0.3 is 6.03 Å². The molecule has 7 nitrogen and oxygen atoms in total. The summed E-state index contributed by atoms with van der Waals surface area (Å²) in [6.07, 6.45) is 6.18. The fourth-order valence-corrected chi connectivity index (χ4v) is 5.56. The Bertz CT molecular complexity index is 1230. The normalized spacial score (nSPS) is 16.3. The summed E-state index contributed by atoms with van der Waals surface area (Å²) in [4.78, 5) is 14.0. The van der Waals surface area contributed by atoms with E-state index in [1.165, 1.54) is 31.2 Å². The smallest absolute Gasteiger partial charge is 0.316 e. The highest BCUT2D eigenvalue weighted by atomic mass is 16.5. The molecule has 2 aromatic carbocycles. The molecule has 36 heavy (non-hydrogen) atoms. The molecule has 1 aliphatic carbocycles. The van der Waals surface area contributed by atoms with Crippen LogP contribution in [0.1, 0.15) is 56.4 Å². The Labute approximate surface area is 213 Å². The van der Waals surface area contributed by atoms with Crippen molar-refractivity contribution >= 4 is 11.7 Å². The van der Waals surface area contributed by atoms with Crippen LogP contribution in [0.25, 0.3) is 16.9 Å². The minimum Gasteiger partial charge on any atom is -0.491 e. The monoisotopic (exact) mass is 487 g/mol. The molecule has 1 aliphatic heterocycles. The van der Waals surface area contributed by atoms with Gasteiger partial charge in [-0.25, -0.2) is 9.48 Å². The number of ether oxygens (including phenoxy) is 1. The second-order valence-corrected chi connectivity index (χ2v) is 10.5. The third-order valence-electron chi connectivity index (χ3n) is 7.32. The molecule has 1 aromatic heterocycles. The van der Waals surface area contributed by atoms with E-state index >= 15 is 0 Å². The van der Waals surface area contributed by atoms with E-state index in [4.69, 9.17) is 15.6 Å². The fourth-order valence-electron chi connectivity index (χ4n) is 5.56. The number of primary amides is 1. The summed E-state index contributed by atoms with van der Waals surface area (Å²) in [5.74, 6) is 1.28. The predicted molar refractivity (Wildman–Crippen MR) is 144 cm³/mol. The van der Waals surface area contributed by atoms with Gasteiger partial charge in [-0.05, 0) is 49.4 Å². The second-order valence-electron chi connectivity index (χ2n) is 10.5. The lowest BCUT2D eigenvalue weighted by atomic mass is 9.98. The highest BCUT2D eigenvalue weighted by Crippen LogP contribution is 2.38. The number of nitrogens with two attached hydrogens (primary N) is 1. The van der Waals surface area contributed by atoms with Gasteiger partial charge in [-0.2, -0.15) is 5.10 Å². The van der Waals surface area contributed by atoms with Gasteiger partial charge in [0.2, 0.25) is 0 Å². The highest BCUT2D eigenvalue weighted by Gasteiger charge is 2.31. The average Bonchev–Trinajstić information content (AvgIpc) is 3.51. The lowest BCUT2D eigenvalue weighted by Gasteiger charge is -2.32. The third-order valence-corrected chi connectivity index (χ3v) is 7.32. The zero-order chi connectivity index (χ0) is 25.2. The first-order valence-electron chi connectivity index (χ1n) is 13.1. The summed E-state index contributed by atoms with van der Waals surface area (Å²) in [5.41, 5.74) is 12.7. The number of urea groups is 1. The molecule has 3 aromatic rings. The number of nitrogens with zero attached hydrogens (tertiary/aromatic N) is 3. The molecule has 2 aliphatic rings. The fraction of sp³-hybridized carbons (Fsp3) is 0.448. The van der Waals surface area contributed by atoms with Gasteiger partial charge < -0.3 is 15.8 Å². The summed E-state index contributed by atoms with van der Waals surface area (Å²) >= 11 is 0. The Morgan fingerprint density at radius 3 is 2.61 bits per heavy atom. The lowest BCUT2D eigenvalue weighted by Crippen LogP contribution is -2.37. The number of carbonyl (C=O) groups is 1. The van der Waals surface area contributed by atoms with E-state index in [0.717, 1.165) is 53.5 Å². The van der Waals surface area contributed by atoms with E-state index in [0.29, 0.717) is 24.3 Å². The first-order chi connectivity index (χ1) is 17.4. The molecule has 1 fully saturated rings. The molecule has 2 amide bonds. The van der Waals surface area contributed by atoms with E-state index in [1.54, 1.807) is 0 Å². The zero-order valence-electron chi connectivity index (χ0n) is 21.6. The number of benzene rings is 2. The molecule has 3 N–H and O–H groups in total. The van der Waals surface area contributed by atoms with Gasteiger partial charge in [0.1, 0.15) is 11.4 Å². The number of hydrogen-bond acceptors (Lipinski definition) is 4. The highest BCUT2D eigenvalue weighted by molar-refractivity contribution is 5.88. The summed E-state index contributed by atoms with van der Waals surface area (Å²) in [5, 5.41) is 7.86. The van der Waals surface area contributed by atoms with Crippen molar-refractivity contribution in [2.45, 2.75) is 65.5 Å². The van der Waals surface area contributed by atoms with Crippen molar-refractivity contribution in [1.29, 1.82) is 0 Å². The number of nitrogens with one attached hydrogen (secondary N) is 1. The van der Waals surface area contributed by atoms with Crippen molar-refractivity contribution in [3.05, 3.63) is 59.3 Å². The number of fused-ring (bicyclic) bond motifs is 1. The zero-order valence-corrected chi connectivity index (χ0v) is 21.6. The number of amides is 2. The summed E-state index contributed by atoms with van der Waals surface area (Å²) in [7, 11) is 0. The summed E-state index contributed by atoms with van der Waals surface area (Å²) < 4.78 is 8.39. The lowest BCUT2D eigenvalue weighted by molar-refractivity contribution is 0.181. The molecule has 0 bridgehead atoms. The molecule has 0 spiro atoms. The number of hydrogen-bond donors (Lipinski definition) is 2. The average molecular weight is 488 g/mol. The van der Waals surface area contributed by atoms with E-state index in [9.17, 15) is 4.79 Å². The Morgan fingerprint density at radius 2 is 1.92 bits per heavy atom. The van der Waals surface area contributed by atoms with Crippen LogP contribution in [-0.2, 0) is 13.0 Å². The van der Waals surface area contributed by atoms with Crippen molar-refractivity contribution in [2.75, 3.05) is 18.5 Å². The van der Waals surface area contributed by atoms with Crippen LogP contribution in [0.3, 0.4) is 0 Å². The number of rotatable bonds is 7. The molecule has 0 unspecified atom stereocenters. The minimum absolute atomic E-state index is 0.425. The van der Waals surface area contributed by atoms with Gasteiger partial charge in [0.15, 0.2) is 0 Å². The Morgan fingerprint density at radius 1 is 1.17 bits per heavy atom. The van der Waals surface area contributed by atoms with Gasteiger partial charge in [-0.1, -0.05) is 51.0 Å². The van der Waals surface area contributed by atoms with E-state index < -0.39 is 6.03 Å². The largest absolute Gasteiger partial charge is 0.491 e. The van der Waals surface area contributed by atoms with E-state index in [2.05, 4.69) is 41.7 Å². The Kier molecular flexibility index (Phi) is 7.01. The van der Waals surface area contributed by atoms with Crippen LogP contribution in [-0.4, -0.2) is 39.9 Å². The van der Waals surface area contributed by atoms with Crippen LogP contribution in [0.5, 0.6) is 5.75 Å². The minimum atomic E-state index is -0.566. The van der Waals surface area contributed by atoms with Crippen molar-refractivity contribution in [3.63, 3.8) is 0 Å². The van der Waals surface area contributed by atoms with E-state index in [-0.39, 0.29) is 0 Å². The number of aryl methyl sites for hydroxylation is 1. The van der Waals surface area contributed by atoms with Crippen LogP contribution in [0.2, 0.25) is 0 Å². The first-order valence-corrected chi connectivity index (χ1v) is 13.1. The maximum Gasteiger partial charge on any atom is 0.316 e. The maximum absolute atomic E-state index is 11.3. The van der Waals surface area contributed by atoms with Crippen LogP contribution in [0.4, 0.5) is 10.5 Å². The van der Waals surface area contributed by atoms with Gasteiger partial charge in [-0.3, -0.25) is 4.90 Å². The first kappa shape index (κ1) is 24.4. The quantitative estimate of drug-likeness (QED) is 0.449. The van der Waals surface area contributed by atoms with Crippen LogP contribution >= 0.6 is 0 Å². The Balaban J connectivity index is 1.62. The summed E-state index contributed by atoms with van der Waals surface area (Å²) in [6.45, 7) is 9.05. The van der Waals surface area contributed by atoms with Crippen LogP contribution in [0, 0.1) is 12.8 Å². The number of carbonyl (C=O) groups excluding carboxylic acids is 1. The third kappa shape index (κ3) is 4.98. The van der Waals surface area contributed by atoms with Gasteiger partial charge in [0.05, 0.1) is 18.0 Å². The number of para-hydroxylation sites is 1. The predicted octanol–water partition coefficient (Wildman–Crippen LogP) is 5.67. The molecule has 0 saturated heterocycles. The second kappa shape index (κ2) is 10.3. The van der Waals surface area contributed by atoms with Crippen LogP contribution in [0.15, 0.2) is 42.5 Å². The van der Waals surface area contributed by atoms with Crippen molar-refractivity contribution in [1.82, 2.24) is 14.7 Å². The Hall–Kier alpha value is -3.32. The molecule has 1 saturated carbocycles. The van der Waals surface area contributed by atoms with Crippen molar-refractivity contribution in [3.8, 4) is 22.7 Å². The molecule has 0 atom stereocenters. The van der Waals surface area contributed by atoms with Crippen molar-refractivity contribution in [2.24, 2.45) is 11.7 Å². The SMILES string of the molecule is Cc1cccc(OCC(C)C)c1-n1nc2c(c1-c1ccc(NC(N)=O)cc1)CN(C1CCCC1)CC2. The van der Waals surface area contributed by atoms with E-state index in [1.807, 2.05) is 36.4 Å².